The summed E-state index contributed by atoms with van der Waals surface area (Å²) in [5, 5.41) is 3.82. The van der Waals surface area contributed by atoms with Crippen molar-refractivity contribution in [2.75, 3.05) is 12.4 Å². The van der Waals surface area contributed by atoms with Crippen molar-refractivity contribution in [1.82, 2.24) is 0 Å². The highest BCUT2D eigenvalue weighted by atomic mass is 79.9. The van der Waals surface area contributed by atoms with Crippen LogP contribution in [0.2, 0.25) is 0 Å². The molecule has 0 aliphatic heterocycles. The molecular formula is C10H10BrNO3. The molecule has 0 heterocycles. The minimum atomic E-state index is -0.528. The fourth-order valence-electron chi connectivity index (χ4n) is 0.881. The van der Waals surface area contributed by atoms with Crippen molar-refractivity contribution in [3.8, 4) is 5.75 Å². The Labute approximate surface area is 96.0 Å². The second-order valence-corrected chi connectivity index (χ2v) is 3.12. The summed E-state index contributed by atoms with van der Waals surface area (Å²) in [7, 11) is 1.37. The molecule has 0 amide bonds. The van der Waals surface area contributed by atoms with Gasteiger partial charge in [-0.15, -0.1) is 0 Å². The molecule has 0 radical (unpaired) electrons. The third-order valence-electron chi connectivity index (χ3n) is 1.52. The number of ether oxygens (including phenoxy) is 1. The van der Waals surface area contributed by atoms with Gasteiger partial charge in [-0.3, -0.25) is 0 Å². The van der Waals surface area contributed by atoms with E-state index in [0.717, 1.165) is 0 Å². The van der Waals surface area contributed by atoms with Crippen LogP contribution in [0.25, 0.3) is 0 Å². The van der Waals surface area contributed by atoms with Crippen molar-refractivity contribution in [2.45, 2.75) is 0 Å². The zero-order valence-corrected chi connectivity index (χ0v) is 9.73. The monoisotopic (exact) mass is 271 g/mol. The molecule has 1 aromatic rings. The van der Waals surface area contributed by atoms with Crippen molar-refractivity contribution in [3.63, 3.8) is 0 Å². The van der Waals surface area contributed by atoms with Gasteiger partial charge in [0, 0.05) is 0 Å². The van der Waals surface area contributed by atoms with Gasteiger partial charge in [-0.1, -0.05) is 39.3 Å². The Kier molecular flexibility index (Phi) is 4.83. The number of esters is 1. The Hall–Kier alpha value is -1.36. The van der Waals surface area contributed by atoms with E-state index in [0.29, 0.717) is 5.75 Å². The van der Waals surface area contributed by atoms with Crippen LogP contribution in [0.5, 0.6) is 5.75 Å². The van der Waals surface area contributed by atoms with Crippen molar-refractivity contribution < 1.29 is 14.4 Å². The molecule has 0 saturated heterocycles. The Morgan fingerprint density at radius 3 is 2.60 bits per heavy atom. The highest BCUT2D eigenvalue weighted by Crippen LogP contribution is 2.09. The molecular weight excluding hydrogens is 262 g/mol. The van der Waals surface area contributed by atoms with Gasteiger partial charge in [-0.05, 0) is 12.1 Å². The van der Waals surface area contributed by atoms with E-state index in [1.165, 1.54) is 7.11 Å². The van der Waals surface area contributed by atoms with Gasteiger partial charge in [-0.25, -0.2) is 4.79 Å². The van der Waals surface area contributed by atoms with Crippen LogP contribution in [0.1, 0.15) is 0 Å². The third-order valence-corrected chi connectivity index (χ3v) is 2.05. The standard InChI is InChI=1S/C10H10BrNO3/c1-14-12-9(7-11)10(13)15-8-5-3-2-4-6-8/h2-6H,7H2,1H3/b12-9-. The van der Waals surface area contributed by atoms with E-state index in [1.807, 2.05) is 6.07 Å². The molecule has 1 rings (SSSR count). The van der Waals surface area contributed by atoms with Gasteiger partial charge in [0.05, 0.1) is 5.33 Å². The fourth-order valence-corrected chi connectivity index (χ4v) is 1.21. The molecule has 0 aromatic heterocycles. The van der Waals surface area contributed by atoms with Gasteiger partial charge in [0.15, 0.2) is 5.71 Å². The Bertz CT molecular complexity index is 351. The lowest BCUT2D eigenvalue weighted by molar-refractivity contribution is -0.127. The maximum absolute atomic E-state index is 11.5. The van der Waals surface area contributed by atoms with Gasteiger partial charge in [0.1, 0.15) is 12.9 Å². The number of alkyl halides is 1. The van der Waals surface area contributed by atoms with Crippen LogP contribution in [-0.4, -0.2) is 24.1 Å². The summed E-state index contributed by atoms with van der Waals surface area (Å²) in [5.41, 5.74) is 0.182. The molecule has 0 spiro atoms. The largest absolute Gasteiger partial charge is 0.422 e. The van der Waals surface area contributed by atoms with E-state index in [-0.39, 0.29) is 11.0 Å². The number of hydrogen-bond donors (Lipinski definition) is 0. The van der Waals surface area contributed by atoms with Crippen molar-refractivity contribution in [2.24, 2.45) is 5.16 Å². The van der Waals surface area contributed by atoms with Crippen LogP contribution in [-0.2, 0) is 9.63 Å². The summed E-state index contributed by atoms with van der Waals surface area (Å²) in [6.07, 6.45) is 0. The summed E-state index contributed by atoms with van der Waals surface area (Å²) >= 11 is 3.12. The van der Waals surface area contributed by atoms with E-state index in [4.69, 9.17) is 4.74 Å². The number of carbonyl (C=O) groups is 1. The minimum Gasteiger partial charge on any atom is -0.422 e. The van der Waals surface area contributed by atoms with E-state index in [2.05, 4.69) is 25.9 Å². The van der Waals surface area contributed by atoms with Crippen molar-refractivity contribution in [1.29, 1.82) is 0 Å². The topological polar surface area (TPSA) is 47.9 Å². The molecule has 1 aromatic carbocycles. The third kappa shape index (κ3) is 3.71. The minimum absolute atomic E-state index is 0.182. The second-order valence-electron chi connectivity index (χ2n) is 2.56. The summed E-state index contributed by atoms with van der Waals surface area (Å²) in [4.78, 5) is 16.0. The van der Waals surface area contributed by atoms with E-state index >= 15 is 0 Å². The van der Waals surface area contributed by atoms with Crippen LogP contribution in [0.3, 0.4) is 0 Å². The van der Waals surface area contributed by atoms with E-state index < -0.39 is 5.97 Å². The maximum Gasteiger partial charge on any atom is 0.362 e. The van der Waals surface area contributed by atoms with Crippen molar-refractivity contribution >= 4 is 27.6 Å². The van der Waals surface area contributed by atoms with Gasteiger partial charge in [-0.2, -0.15) is 0 Å². The normalized spacial score (nSPS) is 10.9. The molecule has 0 aliphatic rings. The van der Waals surface area contributed by atoms with Gasteiger partial charge in [0.25, 0.3) is 0 Å². The highest BCUT2D eigenvalue weighted by Gasteiger charge is 2.13. The molecule has 0 bridgehead atoms. The second kappa shape index (κ2) is 6.19. The smallest absolute Gasteiger partial charge is 0.362 e. The molecule has 0 saturated carbocycles. The maximum atomic E-state index is 11.5. The van der Waals surface area contributed by atoms with Gasteiger partial charge in [0.2, 0.25) is 0 Å². The summed E-state index contributed by atoms with van der Waals surface area (Å²) in [6, 6.07) is 8.78. The van der Waals surface area contributed by atoms with Crippen LogP contribution in [0, 0.1) is 0 Å². The van der Waals surface area contributed by atoms with E-state index in [1.54, 1.807) is 24.3 Å². The summed E-state index contributed by atoms with van der Waals surface area (Å²) < 4.78 is 5.04. The number of benzene rings is 1. The Morgan fingerprint density at radius 2 is 2.07 bits per heavy atom. The van der Waals surface area contributed by atoms with Gasteiger partial charge < -0.3 is 9.57 Å². The van der Waals surface area contributed by atoms with Crippen LogP contribution in [0.4, 0.5) is 0 Å². The highest BCUT2D eigenvalue weighted by molar-refractivity contribution is 9.09. The zero-order valence-electron chi connectivity index (χ0n) is 8.14. The zero-order chi connectivity index (χ0) is 11.1. The molecule has 0 aliphatic carbocycles. The summed E-state index contributed by atoms with van der Waals surface area (Å²) in [5.74, 6) is -0.0489. The number of nitrogens with zero attached hydrogens (tertiary/aromatic N) is 1. The van der Waals surface area contributed by atoms with Crippen molar-refractivity contribution in [3.05, 3.63) is 30.3 Å². The van der Waals surface area contributed by atoms with Crippen LogP contribution >= 0.6 is 15.9 Å². The van der Waals surface area contributed by atoms with Crippen LogP contribution in [0.15, 0.2) is 35.5 Å². The average Bonchev–Trinajstić information content (AvgIpc) is 2.27. The molecule has 15 heavy (non-hydrogen) atoms. The number of oxime groups is 1. The van der Waals surface area contributed by atoms with E-state index in [9.17, 15) is 4.79 Å². The number of hydrogen-bond acceptors (Lipinski definition) is 4. The molecule has 0 atom stereocenters. The lowest BCUT2D eigenvalue weighted by Crippen LogP contribution is -2.22. The first-order valence-electron chi connectivity index (χ1n) is 4.21. The SMILES string of the molecule is CO/N=C(/CBr)C(=O)Oc1ccccc1. The lowest BCUT2D eigenvalue weighted by Gasteiger charge is -2.03. The number of halogens is 1. The van der Waals surface area contributed by atoms with Gasteiger partial charge >= 0.3 is 5.97 Å². The quantitative estimate of drug-likeness (QED) is 0.277. The first-order chi connectivity index (χ1) is 7.27. The number of carbonyl (C=O) groups excluding carboxylic acids is 1. The first kappa shape index (κ1) is 11.7. The molecule has 0 N–H and O–H groups in total. The predicted molar refractivity (Wildman–Crippen MR) is 60.3 cm³/mol. The Morgan fingerprint density at radius 1 is 1.40 bits per heavy atom. The molecule has 80 valence electrons. The predicted octanol–water partition coefficient (Wildman–Crippen LogP) is 1.99. The molecule has 0 fully saturated rings. The summed E-state index contributed by atoms with van der Waals surface area (Å²) in [6.45, 7) is 0. The number of para-hydroxylation sites is 1. The average molecular weight is 272 g/mol. The molecule has 5 heteroatoms. The number of rotatable bonds is 4. The molecule has 4 nitrogen and oxygen atoms in total. The lowest BCUT2D eigenvalue weighted by atomic mass is 10.3. The molecule has 0 unspecified atom stereocenters. The fraction of sp³-hybridized carbons (Fsp3) is 0.200. The van der Waals surface area contributed by atoms with Crippen LogP contribution < -0.4 is 4.74 Å². The Balaban J connectivity index is 2.67. The first-order valence-corrected chi connectivity index (χ1v) is 5.33.